The van der Waals surface area contributed by atoms with Crippen LogP contribution in [0.5, 0.6) is 0 Å². The third-order valence-electron chi connectivity index (χ3n) is 10.6. The van der Waals surface area contributed by atoms with Crippen LogP contribution in [0, 0.1) is 0 Å². The fourth-order valence-electron chi connectivity index (χ4n) is 8.46. The Labute approximate surface area is 301 Å². The van der Waals surface area contributed by atoms with E-state index in [1.54, 1.807) is 0 Å². The van der Waals surface area contributed by atoms with Crippen LogP contribution in [0.4, 0.5) is 34.1 Å². The summed E-state index contributed by atoms with van der Waals surface area (Å²) in [5, 5.41) is 4.98. The van der Waals surface area contributed by atoms with Gasteiger partial charge in [-0.25, -0.2) is 0 Å². The molecular formula is C48H32N4. The molecule has 52 heavy (non-hydrogen) atoms. The molecule has 0 fully saturated rings. The SMILES string of the molecule is c1ccc(N2c3ccccc3N(c3ccc(-n4c5ccccc5c5ccccc54)cc3)c3ccccc3-n3c4ccccc4c4cccc2c43)cc1. The van der Waals surface area contributed by atoms with Crippen molar-refractivity contribution in [1.82, 2.24) is 9.13 Å². The summed E-state index contributed by atoms with van der Waals surface area (Å²) in [6.45, 7) is 0. The van der Waals surface area contributed by atoms with E-state index in [9.17, 15) is 0 Å². The normalized spacial score (nSPS) is 12.5. The average molecular weight is 665 g/mol. The van der Waals surface area contributed by atoms with Crippen LogP contribution in [0.15, 0.2) is 194 Å². The molecule has 244 valence electrons. The summed E-state index contributed by atoms with van der Waals surface area (Å²) in [4.78, 5) is 4.86. The quantitative estimate of drug-likeness (QED) is 0.187. The molecule has 0 atom stereocenters. The summed E-state index contributed by atoms with van der Waals surface area (Å²) < 4.78 is 4.85. The van der Waals surface area contributed by atoms with Gasteiger partial charge in [0.05, 0.1) is 50.5 Å². The van der Waals surface area contributed by atoms with Gasteiger partial charge in [-0.1, -0.05) is 109 Å². The fourth-order valence-corrected chi connectivity index (χ4v) is 8.46. The summed E-state index contributed by atoms with van der Waals surface area (Å²) in [5.74, 6) is 0. The lowest BCUT2D eigenvalue weighted by Crippen LogP contribution is -2.16. The third kappa shape index (κ3) is 4.09. The summed E-state index contributed by atoms with van der Waals surface area (Å²) >= 11 is 0. The Kier molecular flexibility index (Phi) is 6.22. The fraction of sp³-hybridized carbons (Fsp3) is 0. The highest BCUT2D eigenvalue weighted by Crippen LogP contribution is 2.52. The minimum atomic E-state index is 1.08. The molecule has 0 N–H and O–H groups in total. The number of para-hydroxylation sites is 9. The van der Waals surface area contributed by atoms with Crippen LogP contribution in [0.2, 0.25) is 0 Å². The molecule has 1 aliphatic rings. The van der Waals surface area contributed by atoms with E-state index < -0.39 is 0 Å². The van der Waals surface area contributed by atoms with E-state index >= 15 is 0 Å². The molecule has 0 radical (unpaired) electrons. The van der Waals surface area contributed by atoms with Crippen molar-refractivity contribution in [3.63, 3.8) is 0 Å². The van der Waals surface area contributed by atoms with Gasteiger partial charge in [-0.15, -0.1) is 0 Å². The summed E-state index contributed by atoms with van der Waals surface area (Å²) in [6.07, 6.45) is 0. The molecule has 3 heterocycles. The number of anilines is 6. The number of aromatic nitrogens is 2. The second-order valence-corrected chi connectivity index (χ2v) is 13.4. The molecule has 0 bridgehead atoms. The molecule has 2 aromatic heterocycles. The van der Waals surface area contributed by atoms with Crippen molar-refractivity contribution in [2.75, 3.05) is 9.80 Å². The maximum atomic E-state index is 2.47. The van der Waals surface area contributed by atoms with E-state index in [0.29, 0.717) is 0 Å². The maximum Gasteiger partial charge on any atom is 0.0783 e. The number of benzene rings is 8. The molecule has 0 unspecified atom stereocenters. The molecule has 1 aliphatic heterocycles. The first-order valence-corrected chi connectivity index (χ1v) is 17.8. The van der Waals surface area contributed by atoms with Gasteiger partial charge < -0.3 is 18.9 Å². The van der Waals surface area contributed by atoms with Crippen molar-refractivity contribution in [1.29, 1.82) is 0 Å². The smallest absolute Gasteiger partial charge is 0.0783 e. The summed E-state index contributed by atoms with van der Waals surface area (Å²) in [7, 11) is 0. The van der Waals surface area contributed by atoms with Gasteiger partial charge in [0.2, 0.25) is 0 Å². The number of hydrogen-bond donors (Lipinski definition) is 0. The van der Waals surface area contributed by atoms with Crippen molar-refractivity contribution in [3.05, 3.63) is 194 Å². The molecule has 11 rings (SSSR count). The maximum absolute atomic E-state index is 2.47. The Morgan fingerprint density at radius 3 is 1.23 bits per heavy atom. The van der Waals surface area contributed by atoms with Crippen LogP contribution in [-0.2, 0) is 0 Å². The van der Waals surface area contributed by atoms with E-state index in [4.69, 9.17) is 0 Å². The third-order valence-corrected chi connectivity index (χ3v) is 10.6. The van der Waals surface area contributed by atoms with Crippen LogP contribution in [0.25, 0.3) is 55.0 Å². The second-order valence-electron chi connectivity index (χ2n) is 13.4. The number of nitrogens with zero attached hydrogens (tertiary/aromatic N) is 4. The Balaban J connectivity index is 1.22. The lowest BCUT2D eigenvalue weighted by Gasteiger charge is -2.32. The van der Waals surface area contributed by atoms with Crippen molar-refractivity contribution in [2.24, 2.45) is 0 Å². The highest BCUT2D eigenvalue weighted by Gasteiger charge is 2.29. The number of fused-ring (bicyclic) bond motifs is 9. The first kappa shape index (κ1) is 28.8. The Morgan fingerprint density at radius 2 is 0.615 bits per heavy atom. The molecule has 10 aromatic rings. The predicted octanol–water partition coefficient (Wildman–Crippen LogP) is 13.1. The van der Waals surface area contributed by atoms with Gasteiger partial charge in [0.25, 0.3) is 0 Å². The van der Waals surface area contributed by atoms with Crippen molar-refractivity contribution >= 4 is 77.7 Å². The van der Waals surface area contributed by atoms with E-state index in [-0.39, 0.29) is 0 Å². The van der Waals surface area contributed by atoms with Gasteiger partial charge in [-0.05, 0) is 84.9 Å². The summed E-state index contributed by atoms with van der Waals surface area (Å²) in [6, 6.07) is 70.3. The zero-order valence-corrected chi connectivity index (χ0v) is 28.3. The lowest BCUT2D eigenvalue weighted by atomic mass is 10.1. The molecule has 0 saturated carbocycles. The molecule has 4 nitrogen and oxygen atoms in total. The largest absolute Gasteiger partial charge is 0.309 e. The second kappa shape index (κ2) is 11.2. The molecule has 4 heteroatoms. The topological polar surface area (TPSA) is 16.3 Å². The highest BCUT2D eigenvalue weighted by atomic mass is 15.2. The van der Waals surface area contributed by atoms with Crippen molar-refractivity contribution in [3.8, 4) is 11.4 Å². The highest BCUT2D eigenvalue weighted by molar-refractivity contribution is 6.16. The molecule has 0 amide bonds. The van der Waals surface area contributed by atoms with Crippen molar-refractivity contribution < 1.29 is 0 Å². The zero-order chi connectivity index (χ0) is 34.2. The minimum Gasteiger partial charge on any atom is -0.309 e. The van der Waals surface area contributed by atoms with Gasteiger partial charge in [0.15, 0.2) is 0 Å². The van der Waals surface area contributed by atoms with Gasteiger partial charge in [-0.2, -0.15) is 0 Å². The van der Waals surface area contributed by atoms with Crippen LogP contribution in [-0.4, -0.2) is 9.13 Å². The Bertz CT molecular complexity index is 2920. The summed E-state index contributed by atoms with van der Waals surface area (Å²) in [5.41, 5.74) is 13.6. The minimum absolute atomic E-state index is 1.08. The van der Waals surface area contributed by atoms with Gasteiger partial charge >= 0.3 is 0 Å². The van der Waals surface area contributed by atoms with Gasteiger partial charge in [0.1, 0.15) is 0 Å². The first-order chi connectivity index (χ1) is 25.8. The van der Waals surface area contributed by atoms with Gasteiger partial charge in [0, 0.05) is 38.6 Å². The van der Waals surface area contributed by atoms with E-state index in [2.05, 4.69) is 213 Å². The molecule has 0 aliphatic carbocycles. The average Bonchev–Trinajstić information content (AvgIpc) is 3.74. The standard InChI is InChI=1S/C48H32N4/c1-2-15-33(16-3-1)51-44-25-11-10-24-43(44)50(35-31-29-34(30-32-35)49-40-21-7-4-17-36(40)37-18-5-8-22-41(37)49)45-26-12-13-27-46(45)52-42-23-9-6-19-38(42)39-20-14-28-47(51)48(39)52/h1-32H. The predicted molar refractivity (Wildman–Crippen MR) is 218 cm³/mol. The van der Waals surface area contributed by atoms with Gasteiger partial charge in [-0.3, -0.25) is 0 Å². The molecule has 0 saturated heterocycles. The van der Waals surface area contributed by atoms with Crippen molar-refractivity contribution in [2.45, 2.75) is 0 Å². The Hall–Kier alpha value is -7.04. The van der Waals surface area contributed by atoms with Crippen LogP contribution >= 0.6 is 0 Å². The van der Waals surface area contributed by atoms with E-state index in [0.717, 1.165) is 45.5 Å². The molecule has 8 aromatic carbocycles. The Morgan fingerprint density at radius 1 is 0.231 bits per heavy atom. The monoisotopic (exact) mass is 664 g/mol. The molecular weight excluding hydrogens is 633 g/mol. The zero-order valence-electron chi connectivity index (χ0n) is 28.3. The number of hydrogen-bond acceptors (Lipinski definition) is 2. The van der Waals surface area contributed by atoms with Crippen LogP contribution in [0.3, 0.4) is 0 Å². The van der Waals surface area contributed by atoms with Crippen LogP contribution in [0.1, 0.15) is 0 Å². The molecule has 0 spiro atoms. The lowest BCUT2D eigenvalue weighted by molar-refractivity contribution is 1.15. The van der Waals surface area contributed by atoms with E-state index in [1.165, 1.54) is 43.6 Å². The van der Waals surface area contributed by atoms with E-state index in [1.807, 2.05) is 0 Å². The van der Waals surface area contributed by atoms with Crippen LogP contribution < -0.4 is 9.80 Å². The first-order valence-electron chi connectivity index (χ1n) is 17.8. The number of rotatable bonds is 3.